The normalized spacial score (nSPS) is 21.3. The highest BCUT2D eigenvalue weighted by molar-refractivity contribution is 5.80. The maximum Gasteiger partial charge on any atom is 0.269 e. The molecule has 0 spiro atoms. The fourth-order valence-corrected chi connectivity index (χ4v) is 4.36. The third-order valence-corrected chi connectivity index (χ3v) is 5.97. The number of anilines is 1. The predicted molar refractivity (Wildman–Crippen MR) is 125 cm³/mol. The van der Waals surface area contributed by atoms with E-state index in [1.807, 2.05) is 0 Å². The maximum atomic E-state index is 10.8. The Morgan fingerprint density at radius 1 is 1.16 bits per heavy atom. The average Bonchev–Trinajstić information content (AvgIpc) is 3.25. The molecule has 2 fully saturated rings. The Bertz CT molecular complexity index is 921. The highest BCUT2D eigenvalue weighted by atomic mass is 16.6. The molecule has 170 valence electrons. The summed E-state index contributed by atoms with van der Waals surface area (Å²) in [6, 6.07) is 17.4. The number of aliphatic imine (C=N–C) groups is 1. The molecule has 4 rings (SSSR count). The Kier molecular flexibility index (Phi) is 7.18. The van der Waals surface area contributed by atoms with Crippen LogP contribution < -0.4 is 10.6 Å². The summed E-state index contributed by atoms with van der Waals surface area (Å²) in [4.78, 5) is 19.6. The zero-order valence-corrected chi connectivity index (χ0v) is 18.3. The van der Waals surface area contributed by atoms with E-state index in [9.17, 15) is 10.1 Å². The van der Waals surface area contributed by atoms with Crippen molar-refractivity contribution in [2.75, 3.05) is 51.7 Å². The number of morpholine rings is 1. The van der Waals surface area contributed by atoms with E-state index in [0.717, 1.165) is 44.4 Å². The first kappa shape index (κ1) is 22.0. The number of rotatable bonds is 7. The summed E-state index contributed by atoms with van der Waals surface area (Å²) in [5, 5.41) is 17.4. The summed E-state index contributed by atoms with van der Waals surface area (Å²) < 4.78 is 6.08. The molecule has 9 heteroatoms. The summed E-state index contributed by atoms with van der Waals surface area (Å²) >= 11 is 0. The molecule has 2 aliphatic heterocycles. The van der Waals surface area contributed by atoms with Gasteiger partial charge in [-0.05, 0) is 17.7 Å². The number of nitro benzene ring substituents is 1. The number of nitrogens with zero attached hydrogens (tertiary/aromatic N) is 4. The number of non-ortho nitro benzene ring substituents is 1. The monoisotopic (exact) mass is 438 g/mol. The van der Waals surface area contributed by atoms with E-state index in [1.54, 1.807) is 19.2 Å². The zero-order valence-electron chi connectivity index (χ0n) is 18.3. The molecule has 2 aliphatic rings. The second-order valence-electron chi connectivity index (χ2n) is 8.04. The molecule has 0 radical (unpaired) electrons. The fourth-order valence-electron chi connectivity index (χ4n) is 4.36. The number of hydrogen-bond donors (Lipinski definition) is 2. The van der Waals surface area contributed by atoms with Gasteiger partial charge in [-0.2, -0.15) is 0 Å². The second kappa shape index (κ2) is 10.4. The molecule has 2 saturated heterocycles. The first-order valence-electron chi connectivity index (χ1n) is 11.0. The largest absolute Gasteiger partial charge is 0.383 e. The minimum absolute atomic E-state index is 0.0908. The first-order valence-corrected chi connectivity index (χ1v) is 11.0. The van der Waals surface area contributed by atoms with Gasteiger partial charge in [0, 0.05) is 64.1 Å². The minimum atomic E-state index is -0.395. The fraction of sp³-hybridized carbons (Fsp3) is 0.435. The second-order valence-corrected chi connectivity index (χ2v) is 8.04. The lowest BCUT2D eigenvalue weighted by Gasteiger charge is -2.36. The third kappa shape index (κ3) is 5.35. The van der Waals surface area contributed by atoms with E-state index >= 15 is 0 Å². The number of guanidine groups is 1. The molecule has 2 unspecified atom stereocenters. The van der Waals surface area contributed by atoms with Crippen LogP contribution >= 0.6 is 0 Å². The summed E-state index contributed by atoms with van der Waals surface area (Å²) in [5.74, 6) is 0.869. The Morgan fingerprint density at radius 3 is 2.66 bits per heavy atom. The van der Waals surface area contributed by atoms with Crippen molar-refractivity contribution in [3.05, 3.63) is 70.3 Å². The van der Waals surface area contributed by atoms with Crippen LogP contribution in [0.4, 0.5) is 11.4 Å². The molecule has 0 bridgehead atoms. The molecule has 0 aliphatic carbocycles. The maximum absolute atomic E-state index is 10.8. The van der Waals surface area contributed by atoms with Crippen LogP contribution in [0.15, 0.2) is 59.6 Å². The van der Waals surface area contributed by atoms with Crippen molar-refractivity contribution < 1.29 is 9.66 Å². The van der Waals surface area contributed by atoms with E-state index in [0.29, 0.717) is 19.1 Å². The quantitative estimate of drug-likeness (QED) is 0.225. The van der Waals surface area contributed by atoms with Gasteiger partial charge in [0.15, 0.2) is 5.96 Å². The van der Waals surface area contributed by atoms with Crippen molar-refractivity contribution >= 4 is 17.3 Å². The van der Waals surface area contributed by atoms with Crippen LogP contribution in [0, 0.1) is 10.1 Å². The smallest absolute Gasteiger partial charge is 0.269 e. The van der Waals surface area contributed by atoms with Crippen LogP contribution in [0.5, 0.6) is 0 Å². The number of fused-ring (bicyclic) bond motifs is 1. The number of nitro groups is 1. The van der Waals surface area contributed by atoms with E-state index < -0.39 is 4.92 Å². The molecule has 2 aromatic rings. The van der Waals surface area contributed by atoms with Crippen LogP contribution in [-0.2, 0) is 11.3 Å². The molecule has 0 saturated carbocycles. The first-order chi connectivity index (χ1) is 15.6. The van der Waals surface area contributed by atoms with Gasteiger partial charge in [-0.3, -0.25) is 20.0 Å². The van der Waals surface area contributed by atoms with Crippen LogP contribution in [-0.4, -0.2) is 79.2 Å². The number of ether oxygens (including phenoxy) is 1. The molecule has 2 N–H and O–H groups in total. The van der Waals surface area contributed by atoms with Gasteiger partial charge < -0.3 is 20.3 Å². The van der Waals surface area contributed by atoms with Crippen LogP contribution in [0.2, 0.25) is 0 Å². The minimum Gasteiger partial charge on any atom is -0.383 e. The number of hydrogen-bond acceptors (Lipinski definition) is 6. The van der Waals surface area contributed by atoms with Crippen molar-refractivity contribution in [1.29, 1.82) is 0 Å². The molecular weight excluding hydrogens is 408 g/mol. The molecular formula is C23H30N6O3. The van der Waals surface area contributed by atoms with Crippen molar-refractivity contribution in [3.63, 3.8) is 0 Å². The molecule has 2 atom stereocenters. The lowest BCUT2D eigenvalue weighted by Crippen LogP contribution is -2.50. The highest BCUT2D eigenvalue weighted by Gasteiger charge is 2.41. The van der Waals surface area contributed by atoms with Crippen molar-refractivity contribution in [1.82, 2.24) is 15.1 Å². The Labute approximate surface area is 188 Å². The van der Waals surface area contributed by atoms with Gasteiger partial charge in [-0.1, -0.05) is 30.3 Å². The van der Waals surface area contributed by atoms with Crippen molar-refractivity contribution in [3.8, 4) is 0 Å². The van der Waals surface area contributed by atoms with Gasteiger partial charge in [0.05, 0.1) is 23.7 Å². The summed E-state index contributed by atoms with van der Waals surface area (Å²) in [6.45, 7) is 5.70. The molecule has 0 aromatic heterocycles. The van der Waals surface area contributed by atoms with Gasteiger partial charge in [0.25, 0.3) is 5.69 Å². The molecule has 2 heterocycles. The summed E-state index contributed by atoms with van der Waals surface area (Å²) in [7, 11) is 1.80. The van der Waals surface area contributed by atoms with Crippen molar-refractivity contribution in [2.45, 2.75) is 18.7 Å². The molecule has 9 nitrogen and oxygen atoms in total. The topological polar surface area (TPSA) is 95.3 Å². The Hall–Kier alpha value is -3.17. The van der Waals surface area contributed by atoms with Gasteiger partial charge >= 0.3 is 0 Å². The lowest BCUT2D eigenvalue weighted by molar-refractivity contribution is -0.384. The van der Waals surface area contributed by atoms with E-state index in [-0.39, 0.29) is 11.8 Å². The SMILES string of the molecule is CN=C(NCCNc1ccc([N+](=O)[O-])cc1)N1CC2OCCN(Cc3ccccc3)C2C1. The van der Waals surface area contributed by atoms with E-state index in [1.165, 1.54) is 17.7 Å². The van der Waals surface area contributed by atoms with Gasteiger partial charge in [0.1, 0.15) is 0 Å². The van der Waals surface area contributed by atoms with Crippen LogP contribution in [0.25, 0.3) is 0 Å². The van der Waals surface area contributed by atoms with Gasteiger partial charge in [-0.15, -0.1) is 0 Å². The van der Waals surface area contributed by atoms with Crippen LogP contribution in [0.3, 0.4) is 0 Å². The summed E-state index contributed by atoms with van der Waals surface area (Å²) in [6.07, 6.45) is 0.184. The number of benzene rings is 2. The number of likely N-dealkylation sites (tertiary alicyclic amines) is 1. The van der Waals surface area contributed by atoms with E-state index in [4.69, 9.17) is 4.74 Å². The standard InChI is InChI=1S/C23H30N6O3/c1-24-23(26-12-11-25-19-7-9-20(10-8-19)29(30)31)28-16-21-22(17-28)32-14-13-27(21)15-18-5-3-2-4-6-18/h2-10,21-22,25H,11-17H2,1H3,(H,24,26). The Balaban J connectivity index is 1.27. The molecule has 0 amide bonds. The molecule has 2 aromatic carbocycles. The molecule has 32 heavy (non-hydrogen) atoms. The van der Waals surface area contributed by atoms with E-state index in [2.05, 4.69) is 55.8 Å². The third-order valence-electron chi connectivity index (χ3n) is 5.97. The zero-order chi connectivity index (χ0) is 22.3. The average molecular weight is 439 g/mol. The lowest BCUT2D eigenvalue weighted by atomic mass is 10.1. The van der Waals surface area contributed by atoms with Gasteiger partial charge in [-0.25, -0.2) is 0 Å². The van der Waals surface area contributed by atoms with Gasteiger partial charge in [0.2, 0.25) is 0 Å². The van der Waals surface area contributed by atoms with Crippen molar-refractivity contribution in [2.24, 2.45) is 4.99 Å². The number of nitrogens with one attached hydrogen (secondary N) is 2. The highest BCUT2D eigenvalue weighted by Crippen LogP contribution is 2.24. The summed E-state index contributed by atoms with van der Waals surface area (Å²) in [5.41, 5.74) is 2.27. The van der Waals surface area contributed by atoms with Crippen LogP contribution in [0.1, 0.15) is 5.56 Å². The Morgan fingerprint density at radius 2 is 1.94 bits per heavy atom. The predicted octanol–water partition coefficient (Wildman–Crippen LogP) is 2.17.